The number of imide groups is 1. The van der Waals surface area contributed by atoms with E-state index in [1.165, 1.54) is 12.1 Å². The average molecular weight is 336 g/mol. The molecule has 1 saturated carbocycles. The van der Waals surface area contributed by atoms with Gasteiger partial charge in [-0.3, -0.25) is 9.59 Å². The number of benzene rings is 1. The van der Waals surface area contributed by atoms with Crippen molar-refractivity contribution < 1.29 is 14.0 Å². The SMILES string of the molecule is O=C1[C@@H]2[C@H](C(=O)N1c1ccc(Br)cc1F)[C@@H]1C=C[C@@H]2C1. The van der Waals surface area contributed by atoms with Crippen molar-refractivity contribution in [3.05, 3.63) is 40.6 Å². The van der Waals surface area contributed by atoms with Gasteiger partial charge in [-0.05, 0) is 36.5 Å². The van der Waals surface area contributed by atoms with E-state index in [0.29, 0.717) is 4.47 Å². The molecule has 4 rings (SSSR count). The van der Waals surface area contributed by atoms with Crippen molar-refractivity contribution in [2.75, 3.05) is 4.90 Å². The first kappa shape index (κ1) is 12.3. The number of carbonyl (C=O) groups is 2. The van der Waals surface area contributed by atoms with E-state index in [0.717, 1.165) is 11.3 Å². The van der Waals surface area contributed by atoms with E-state index >= 15 is 0 Å². The standard InChI is InChI=1S/C15H11BrFNO2/c16-9-3-4-11(10(17)6-9)18-14(19)12-7-1-2-8(5-7)13(12)15(18)20/h1-4,6-8,12-13H,5H2/t7-,8-,12-,13+/m1/s1. The van der Waals surface area contributed by atoms with Crippen LogP contribution in [0, 0.1) is 29.5 Å². The number of hydrogen-bond donors (Lipinski definition) is 0. The van der Waals surface area contributed by atoms with Crippen LogP contribution in [-0.4, -0.2) is 11.8 Å². The van der Waals surface area contributed by atoms with Gasteiger partial charge < -0.3 is 0 Å². The van der Waals surface area contributed by atoms with Crippen LogP contribution in [0.3, 0.4) is 0 Å². The zero-order valence-corrected chi connectivity index (χ0v) is 12.0. The molecule has 0 spiro atoms. The largest absolute Gasteiger partial charge is 0.274 e. The van der Waals surface area contributed by atoms with E-state index < -0.39 is 5.82 Å². The Morgan fingerprint density at radius 2 is 1.70 bits per heavy atom. The van der Waals surface area contributed by atoms with E-state index in [-0.39, 0.29) is 41.2 Å². The molecule has 2 fully saturated rings. The molecule has 3 aliphatic rings. The minimum Gasteiger partial charge on any atom is -0.274 e. The molecule has 1 aromatic rings. The smallest absolute Gasteiger partial charge is 0.238 e. The summed E-state index contributed by atoms with van der Waals surface area (Å²) in [7, 11) is 0. The average Bonchev–Trinajstić information content (AvgIpc) is 3.06. The summed E-state index contributed by atoms with van der Waals surface area (Å²) in [5.41, 5.74) is 0.0667. The molecule has 0 unspecified atom stereocenters. The maximum absolute atomic E-state index is 14.0. The van der Waals surface area contributed by atoms with Crippen LogP contribution < -0.4 is 4.90 Å². The molecule has 0 N–H and O–H groups in total. The molecule has 0 aromatic heterocycles. The molecule has 1 heterocycles. The second kappa shape index (κ2) is 4.01. The number of hydrogen-bond acceptors (Lipinski definition) is 2. The number of nitrogens with zero attached hydrogens (tertiary/aromatic N) is 1. The van der Waals surface area contributed by atoms with Crippen LogP contribution >= 0.6 is 15.9 Å². The summed E-state index contributed by atoms with van der Waals surface area (Å²) in [6.07, 6.45) is 4.93. The van der Waals surface area contributed by atoms with Crippen molar-refractivity contribution in [2.45, 2.75) is 6.42 Å². The minimum absolute atomic E-state index is 0.0667. The van der Waals surface area contributed by atoms with Gasteiger partial charge in [0.15, 0.2) is 0 Å². The first-order valence-corrected chi connectivity index (χ1v) is 7.38. The first-order valence-electron chi connectivity index (χ1n) is 6.59. The fourth-order valence-electron chi connectivity index (χ4n) is 3.80. The molecule has 20 heavy (non-hydrogen) atoms. The Labute approximate surface area is 123 Å². The zero-order chi connectivity index (χ0) is 14.0. The van der Waals surface area contributed by atoms with Crippen molar-refractivity contribution in [3.8, 4) is 0 Å². The molecule has 1 saturated heterocycles. The number of carbonyl (C=O) groups excluding carboxylic acids is 2. The van der Waals surface area contributed by atoms with E-state index in [1.807, 2.05) is 12.2 Å². The third kappa shape index (κ3) is 1.44. The second-order valence-electron chi connectivity index (χ2n) is 5.61. The molecular weight excluding hydrogens is 325 g/mol. The third-order valence-electron chi connectivity index (χ3n) is 4.62. The third-order valence-corrected chi connectivity index (χ3v) is 5.11. The fourth-order valence-corrected chi connectivity index (χ4v) is 4.14. The van der Waals surface area contributed by atoms with Gasteiger partial charge in [-0.1, -0.05) is 28.1 Å². The van der Waals surface area contributed by atoms with Gasteiger partial charge in [0.25, 0.3) is 0 Å². The summed E-state index contributed by atoms with van der Waals surface area (Å²) in [5, 5.41) is 0. The topological polar surface area (TPSA) is 37.4 Å². The molecule has 2 bridgehead atoms. The molecule has 2 aliphatic carbocycles. The Kier molecular flexibility index (Phi) is 2.46. The quantitative estimate of drug-likeness (QED) is 0.584. The van der Waals surface area contributed by atoms with Crippen molar-refractivity contribution in [3.63, 3.8) is 0 Å². The lowest BCUT2D eigenvalue weighted by molar-refractivity contribution is -0.123. The van der Waals surface area contributed by atoms with Gasteiger partial charge in [-0.25, -0.2) is 9.29 Å². The van der Waals surface area contributed by atoms with Gasteiger partial charge in [-0.2, -0.15) is 0 Å². The first-order chi connectivity index (χ1) is 9.58. The Bertz CT molecular complexity index is 642. The number of fused-ring (bicyclic) bond motifs is 5. The lowest BCUT2D eigenvalue weighted by Crippen LogP contribution is -2.33. The van der Waals surface area contributed by atoms with Crippen molar-refractivity contribution in [1.29, 1.82) is 0 Å². The van der Waals surface area contributed by atoms with Crippen LogP contribution in [-0.2, 0) is 9.59 Å². The Morgan fingerprint density at radius 1 is 1.10 bits per heavy atom. The molecule has 0 radical (unpaired) electrons. The summed E-state index contributed by atoms with van der Waals surface area (Å²) in [5.74, 6) is -1.35. The van der Waals surface area contributed by atoms with Crippen LogP contribution in [0.25, 0.3) is 0 Å². The predicted octanol–water partition coefficient (Wildman–Crippen LogP) is 2.90. The number of amides is 2. The molecule has 5 heteroatoms. The number of halogens is 2. The van der Waals surface area contributed by atoms with E-state index in [2.05, 4.69) is 15.9 Å². The van der Waals surface area contributed by atoms with Gasteiger partial charge in [0, 0.05) is 4.47 Å². The van der Waals surface area contributed by atoms with Gasteiger partial charge in [0.2, 0.25) is 11.8 Å². The fraction of sp³-hybridized carbons (Fsp3) is 0.333. The zero-order valence-electron chi connectivity index (χ0n) is 10.4. The van der Waals surface area contributed by atoms with Crippen LogP contribution in [0.5, 0.6) is 0 Å². The lowest BCUT2D eigenvalue weighted by Gasteiger charge is -2.18. The number of rotatable bonds is 1. The summed E-state index contributed by atoms with van der Waals surface area (Å²) in [6.45, 7) is 0. The molecule has 3 nitrogen and oxygen atoms in total. The highest BCUT2D eigenvalue weighted by Gasteiger charge is 2.59. The minimum atomic E-state index is -0.554. The van der Waals surface area contributed by atoms with E-state index in [4.69, 9.17) is 0 Å². The summed E-state index contributed by atoms with van der Waals surface area (Å²) in [4.78, 5) is 26.1. The molecule has 1 aliphatic heterocycles. The van der Waals surface area contributed by atoms with Crippen molar-refractivity contribution in [2.24, 2.45) is 23.7 Å². The van der Waals surface area contributed by atoms with E-state index in [9.17, 15) is 14.0 Å². The van der Waals surface area contributed by atoms with Crippen LogP contribution in [0.15, 0.2) is 34.8 Å². The highest BCUT2D eigenvalue weighted by Crippen LogP contribution is 2.53. The van der Waals surface area contributed by atoms with Gasteiger partial charge in [0.1, 0.15) is 5.82 Å². The van der Waals surface area contributed by atoms with Crippen LogP contribution in [0.1, 0.15) is 6.42 Å². The summed E-state index contributed by atoms with van der Waals surface area (Å²) in [6, 6.07) is 4.39. The normalized spacial score (nSPS) is 34.2. The predicted molar refractivity (Wildman–Crippen MR) is 74.3 cm³/mol. The van der Waals surface area contributed by atoms with Crippen molar-refractivity contribution >= 4 is 33.4 Å². The molecule has 2 amide bonds. The van der Waals surface area contributed by atoms with Gasteiger partial charge in [0.05, 0.1) is 17.5 Å². The van der Waals surface area contributed by atoms with Crippen molar-refractivity contribution in [1.82, 2.24) is 0 Å². The number of anilines is 1. The summed E-state index contributed by atoms with van der Waals surface area (Å²) < 4.78 is 14.6. The van der Waals surface area contributed by atoms with E-state index in [1.54, 1.807) is 6.07 Å². The highest BCUT2D eigenvalue weighted by molar-refractivity contribution is 9.10. The Hall–Kier alpha value is -1.49. The second-order valence-corrected chi connectivity index (χ2v) is 6.52. The molecule has 1 aromatic carbocycles. The maximum atomic E-state index is 14.0. The monoisotopic (exact) mass is 335 g/mol. The highest BCUT2D eigenvalue weighted by atomic mass is 79.9. The number of allylic oxidation sites excluding steroid dienone is 2. The Morgan fingerprint density at radius 3 is 2.25 bits per heavy atom. The summed E-state index contributed by atoms with van der Waals surface area (Å²) >= 11 is 3.17. The van der Waals surface area contributed by atoms with Crippen LogP contribution in [0.2, 0.25) is 0 Å². The van der Waals surface area contributed by atoms with Gasteiger partial charge in [-0.15, -0.1) is 0 Å². The maximum Gasteiger partial charge on any atom is 0.238 e. The van der Waals surface area contributed by atoms with Gasteiger partial charge >= 0.3 is 0 Å². The molecule has 4 atom stereocenters. The molecular formula is C15H11BrFNO2. The van der Waals surface area contributed by atoms with Crippen LogP contribution in [0.4, 0.5) is 10.1 Å². The Balaban J connectivity index is 1.78. The molecule has 102 valence electrons. The lowest BCUT2D eigenvalue weighted by atomic mass is 9.85.